The number of rotatable bonds is 7. The van der Waals surface area contributed by atoms with Gasteiger partial charge in [-0.2, -0.15) is 0 Å². The van der Waals surface area contributed by atoms with Gasteiger partial charge in [0.2, 0.25) is 0 Å². The lowest BCUT2D eigenvalue weighted by atomic mass is 9.65. The van der Waals surface area contributed by atoms with E-state index in [1.54, 1.807) is 0 Å². The maximum absolute atomic E-state index is 13.0. The predicted molar refractivity (Wildman–Crippen MR) is 134 cm³/mol. The molecule has 0 aromatic rings. The molecular formula is C29H46O5. The first-order valence-corrected chi connectivity index (χ1v) is 13.3. The minimum Gasteiger partial charge on any atom is -0.462 e. The van der Waals surface area contributed by atoms with Crippen LogP contribution in [0, 0.1) is 29.1 Å². The normalized spacial score (nSPS) is 34.2. The molecule has 1 fully saturated rings. The van der Waals surface area contributed by atoms with Crippen LogP contribution in [0.1, 0.15) is 93.9 Å². The zero-order chi connectivity index (χ0) is 25.3. The number of esters is 2. The summed E-state index contributed by atoms with van der Waals surface area (Å²) in [5, 5.41) is 0. The Balaban J connectivity index is 1.73. The average molecular weight is 475 g/mol. The van der Waals surface area contributed by atoms with Crippen molar-refractivity contribution in [3.63, 3.8) is 0 Å². The van der Waals surface area contributed by atoms with Gasteiger partial charge in [0.15, 0.2) is 0 Å². The van der Waals surface area contributed by atoms with Crippen LogP contribution >= 0.6 is 0 Å². The molecule has 34 heavy (non-hydrogen) atoms. The van der Waals surface area contributed by atoms with Crippen LogP contribution in [0.3, 0.4) is 0 Å². The van der Waals surface area contributed by atoms with E-state index < -0.39 is 5.41 Å². The molecule has 3 aliphatic rings. The van der Waals surface area contributed by atoms with Gasteiger partial charge in [-0.05, 0) is 83.6 Å². The van der Waals surface area contributed by atoms with Crippen LogP contribution in [0.4, 0.5) is 0 Å². The monoisotopic (exact) mass is 474 g/mol. The maximum Gasteiger partial charge on any atom is 0.311 e. The van der Waals surface area contributed by atoms with Crippen LogP contribution in [0.15, 0.2) is 23.8 Å². The predicted octanol–water partition coefficient (Wildman–Crippen LogP) is 6.41. The second-order valence-electron chi connectivity index (χ2n) is 12.4. The first kappa shape index (κ1) is 27.0. The second kappa shape index (κ2) is 10.6. The highest BCUT2D eigenvalue weighted by atomic mass is 16.6. The molecule has 4 unspecified atom stereocenters. The molecule has 192 valence electrons. The van der Waals surface area contributed by atoms with Gasteiger partial charge in [0.25, 0.3) is 0 Å². The van der Waals surface area contributed by atoms with Crippen LogP contribution in [-0.2, 0) is 23.8 Å². The van der Waals surface area contributed by atoms with Crippen molar-refractivity contribution in [1.82, 2.24) is 0 Å². The molecule has 0 bridgehead atoms. The molecule has 0 spiro atoms. The zero-order valence-corrected chi connectivity index (χ0v) is 22.6. The first-order chi connectivity index (χ1) is 15.8. The second-order valence-corrected chi connectivity index (χ2v) is 12.4. The van der Waals surface area contributed by atoms with E-state index in [0.717, 1.165) is 32.1 Å². The van der Waals surface area contributed by atoms with Crippen molar-refractivity contribution in [2.24, 2.45) is 29.1 Å². The minimum atomic E-state index is -0.478. The van der Waals surface area contributed by atoms with Crippen molar-refractivity contribution >= 4 is 11.9 Å². The summed E-state index contributed by atoms with van der Waals surface area (Å²) in [6, 6.07) is 0. The first-order valence-electron chi connectivity index (χ1n) is 13.3. The Morgan fingerprint density at radius 2 is 1.82 bits per heavy atom. The van der Waals surface area contributed by atoms with E-state index in [2.05, 4.69) is 32.1 Å². The molecule has 5 heteroatoms. The Labute approximate surface area is 206 Å². The number of ether oxygens (including phenoxy) is 3. The SMILES string of the molecule is CCC(C)(C)C(=O)O[C@H]1C[C@@H](C)C=C2C=CC(C)C(CC[C@@H]3CC(OC(C)(C)C)CC(=O)O3)C21. The van der Waals surface area contributed by atoms with Gasteiger partial charge in [0.05, 0.1) is 23.5 Å². The molecule has 0 radical (unpaired) electrons. The topological polar surface area (TPSA) is 61.8 Å². The molecule has 0 amide bonds. The third kappa shape index (κ3) is 6.74. The van der Waals surface area contributed by atoms with Gasteiger partial charge < -0.3 is 14.2 Å². The lowest BCUT2D eigenvalue weighted by molar-refractivity contribution is -0.172. The van der Waals surface area contributed by atoms with Crippen molar-refractivity contribution in [2.75, 3.05) is 0 Å². The number of hydrogen-bond acceptors (Lipinski definition) is 5. The van der Waals surface area contributed by atoms with Crippen molar-refractivity contribution < 1.29 is 23.8 Å². The van der Waals surface area contributed by atoms with E-state index in [9.17, 15) is 9.59 Å². The number of carbonyl (C=O) groups is 2. The summed E-state index contributed by atoms with van der Waals surface area (Å²) in [5.74, 6) is 1.02. The smallest absolute Gasteiger partial charge is 0.311 e. The molecule has 7 atom stereocenters. The summed E-state index contributed by atoms with van der Waals surface area (Å²) in [5.41, 5.74) is 0.537. The van der Waals surface area contributed by atoms with Gasteiger partial charge in [-0.3, -0.25) is 9.59 Å². The fraction of sp³-hybridized carbons (Fsp3) is 0.793. The van der Waals surface area contributed by atoms with Crippen LogP contribution in [0.2, 0.25) is 0 Å². The lowest BCUT2D eigenvalue weighted by Crippen LogP contribution is -2.43. The van der Waals surface area contributed by atoms with E-state index in [4.69, 9.17) is 14.2 Å². The number of hydrogen-bond donors (Lipinski definition) is 0. The van der Waals surface area contributed by atoms with Crippen molar-refractivity contribution in [1.29, 1.82) is 0 Å². The van der Waals surface area contributed by atoms with E-state index in [-0.39, 0.29) is 41.8 Å². The summed E-state index contributed by atoms with van der Waals surface area (Å²) in [4.78, 5) is 25.3. The Kier molecular flexibility index (Phi) is 8.38. The van der Waals surface area contributed by atoms with Gasteiger partial charge in [-0.15, -0.1) is 0 Å². The number of carbonyl (C=O) groups excluding carboxylic acids is 2. The van der Waals surface area contributed by atoms with Gasteiger partial charge in [-0.1, -0.05) is 39.0 Å². The summed E-state index contributed by atoms with van der Waals surface area (Å²) < 4.78 is 18.1. The molecule has 5 nitrogen and oxygen atoms in total. The molecule has 3 rings (SSSR count). The summed E-state index contributed by atoms with van der Waals surface area (Å²) in [7, 11) is 0. The van der Waals surface area contributed by atoms with E-state index in [1.807, 2.05) is 41.5 Å². The molecule has 1 heterocycles. The highest BCUT2D eigenvalue weighted by Crippen LogP contribution is 2.45. The standard InChI is InChI=1S/C29H46O5/c1-9-29(7,8)27(31)33-24-15-18(2)14-20-11-10-19(3)23(26(20)24)13-12-21-16-22(17-25(30)32-21)34-28(4,5)6/h10-11,14,18-19,21-24,26H,9,12-13,15-17H2,1-8H3/t18-,19?,21+,22?,23?,24-,26?/m0/s1. The summed E-state index contributed by atoms with van der Waals surface area (Å²) >= 11 is 0. The van der Waals surface area contributed by atoms with Crippen LogP contribution in [0.25, 0.3) is 0 Å². The Bertz CT molecular complexity index is 802. The van der Waals surface area contributed by atoms with Gasteiger partial charge >= 0.3 is 11.9 Å². The fourth-order valence-electron chi connectivity index (χ4n) is 5.65. The van der Waals surface area contributed by atoms with Crippen molar-refractivity contribution in [3.05, 3.63) is 23.8 Å². The van der Waals surface area contributed by atoms with Crippen molar-refractivity contribution in [3.8, 4) is 0 Å². The third-order valence-corrected chi connectivity index (χ3v) is 7.85. The van der Waals surface area contributed by atoms with Crippen LogP contribution in [0.5, 0.6) is 0 Å². The fourth-order valence-corrected chi connectivity index (χ4v) is 5.65. The molecule has 2 aliphatic carbocycles. The molecule has 0 aromatic carbocycles. The van der Waals surface area contributed by atoms with Crippen LogP contribution in [-0.4, -0.2) is 35.9 Å². The average Bonchev–Trinajstić information content (AvgIpc) is 2.71. The maximum atomic E-state index is 13.0. The summed E-state index contributed by atoms with van der Waals surface area (Å²) in [6.45, 7) is 16.5. The Morgan fingerprint density at radius 1 is 1.12 bits per heavy atom. The molecule has 0 N–H and O–H groups in total. The number of allylic oxidation sites excluding steroid dienone is 3. The van der Waals surface area contributed by atoms with E-state index in [0.29, 0.717) is 24.2 Å². The summed E-state index contributed by atoms with van der Waals surface area (Å²) in [6.07, 6.45) is 11.0. The Morgan fingerprint density at radius 3 is 2.47 bits per heavy atom. The molecule has 0 aromatic heterocycles. The van der Waals surface area contributed by atoms with E-state index >= 15 is 0 Å². The van der Waals surface area contributed by atoms with Crippen LogP contribution < -0.4 is 0 Å². The molecule has 0 saturated carbocycles. The Hall–Kier alpha value is -1.62. The van der Waals surface area contributed by atoms with Gasteiger partial charge in [-0.25, -0.2) is 0 Å². The third-order valence-electron chi connectivity index (χ3n) is 7.85. The number of cyclic esters (lactones) is 1. The quantitative estimate of drug-likeness (QED) is 0.399. The van der Waals surface area contributed by atoms with E-state index in [1.165, 1.54) is 5.57 Å². The lowest BCUT2D eigenvalue weighted by Gasteiger charge is -2.44. The highest BCUT2D eigenvalue weighted by Gasteiger charge is 2.43. The largest absolute Gasteiger partial charge is 0.462 e. The molecule has 1 aliphatic heterocycles. The van der Waals surface area contributed by atoms with Gasteiger partial charge in [0.1, 0.15) is 12.2 Å². The van der Waals surface area contributed by atoms with Gasteiger partial charge in [0, 0.05) is 12.3 Å². The molecule has 1 saturated heterocycles. The highest BCUT2D eigenvalue weighted by molar-refractivity contribution is 5.76. The number of fused-ring (bicyclic) bond motifs is 1. The minimum absolute atomic E-state index is 0.0918. The molecular weight excluding hydrogens is 428 g/mol. The van der Waals surface area contributed by atoms with Crippen molar-refractivity contribution in [2.45, 2.75) is 118 Å². The zero-order valence-electron chi connectivity index (χ0n) is 22.6.